The summed E-state index contributed by atoms with van der Waals surface area (Å²) in [5, 5.41) is 0.706. The molecule has 80 valence electrons. The molecule has 0 spiro atoms. The molecule has 0 unspecified atom stereocenters. The van der Waals surface area contributed by atoms with Crippen molar-refractivity contribution in [3.05, 3.63) is 18.2 Å². The number of rotatable bonds is 2. The Morgan fingerprint density at radius 2 is 2.20 bits per heavy atom. The first-order chi connectivity index (χ1) is 7.00. The molecule has 2 N–H and O–H groups in total. The number of aromatic nitrogens is 2. The Morgan fingerprint density at radius 1 is 1.47 bits per heavy atom. The van der Waals surface area contributed by atoms with Gasteiger partial charge in [-0.1, -0.05) is 11.8 Å². The van der Waals surface area contributed by atoms with E-state index in [0.717, 1.165) is 0 Å². The van der Waals surface area contributed by atoms with Gasteiger partial charge in [0.1, 0.15) is 0 Å². The lowest BCUT2D eigenvalue weighted by molar-refractivity contribution is 0.483. The highest BCUT2D eigenvalue weighted by molar-refractivity contribution is 7.98. The Hall–Kier alpha value is -1.05. The maximum absolute atomic E-state index is 10.9. The number of imidazole rings is 1. The number of hydrogen-bond acceptors (Lipinski definition) is 4. The summed E-state index contributed by atoms with van der Waals surface area (Å²) in [6.07, 6.45) is 1.86. The lowest BCUT2D eigenvalue weighted by atomic mass is 10.3. The second-order valence-electron chi connectivity index (χ2n) is 2.90. The van der Waals surface area contributed by atoms with E-state index < -0.39 is 10.1 Å². The van der Waals surface area contributed by atoms with Crippen LogP contribution in [-0.4, -0.2) is 29.2 Å². The van der Waals surface area contributed by atoms with Crippen molar-refractivity contribution in [1.82, 2.24) is 9.97 Å². The molecule has 0 aliphatic heterocycles. The lowest BCUT2D eigenvalue weighted by Gasteiger charge is -1.95. The molecule has 0 atom stereocenters. The average molecular weight is 244 g/mol. The number of nitrogens with zero attached hydrogens (tertiary/aromatic N) is 1. The molecular formula is C8H8N2O3S2. The Kier molecular flexibility index (Phi) is 2.45. The minimum absolute atomic E-state index is 0.133. The van der Waals surface area contributed by atoms with E-state index in [-0.39, 0.29) is 4.90 Å². The van der Waals surface area contributed by atoms with Gasteiger partial charge in [-0.2, -0.15) is 8.42 Å². The topological polar surface area (TPSA) is 83.1 Å². The Balaban J connectivity index is 2.66. The van der Waals surface area contributed by atoms with Crippen molar-refractivity contribution < 1.29 is 13.0 Å². The van der Waals surface area contributed by atoms with E-state index in [0.29, 0.717) is 16.2 Å². The SMILES string of the molecule is CSc1nc2ccc(S(=O)(=O)O)cc2[nH]1. The first kappa shape index (κ1) is 10.5. The molecule has 5 nitrogen and oxygen atoms in total. The number of aromatic amines is 1. The largest absolute Gasteiger partial charge is 0.333 e. The van der Waals surface area contributed by atoms with Crippen LogP contribution >= 0.6 is 11.8 Å². The van der Waals surface area contributed by atoms with E-state index in [1.807, 2.05) is 6.26 Å². The molecule has 7 heteroatoms. The van der Waals surface area contributed by atoms with E-state index in [4.69, 9.17) is 4.55 Å². The molecule has 15 heavy (non-hydrogen) atoms. The number of hydrogen-bond donors (Lipinski definition) is 2. The Labute approximate surface area is 90.7 Å². The molecule has 0 fully saturated rings. The van der Waals surface area contributed by atoms with Gasteiger partial charge < -0.3 is 4.98 Å². The summed E-state index contributed by atoms with van der Waals surface area (Å²) < 4.78 is 30.6. The summed E-state index contributed by atoms with van der Waals surface area (Å²) in [4.78, 5) is 6.99. The molecule has 1 aromatic carbocycles. The molecule has 2 aromatic rings. The second-order valence-corrected chi connectivity index (χ2v) is 5.12. The van der Waals surface area contributed by atoms with E-state index in [9.17, 15) is 8.42 Å². The molecule has 0 saturated carbocycles. The van der Waals surface area contributed by atoms with Gasteiger partial charge in [0.15, 0.2) is 5.16 Å². The lowest BCUT2D eigenvalue weighted by Crippen LogP contribution is -1.97. The quantitative estimate of drug-likeness (QED) is 0.618. The summed E-state index contributed by atoms with van der Waals surface area (Å²) in [5.41, 5.74) is 1.27. The zero-order valence-electron chi connectivity index (χ0n) is 7.76. The first-order valence-electron chi connectivity index (χ1n) is 4.02. The summed E-state index contributed by atoms with van der Waals surface area (Å²) in [6, 6.07) is 4.23. The van der Waals surface area contributed by atoms with Gasteiger partial charge in [-0.3, -0.25) is 4.55 Å². The highest BCUT2D eigenvalue weighted by Crippen LogP contribution is 2.20. The zero-order valence-corrected chi connectivity index (χ0v) is 9.39. The van der Waals surface area contributed by atoms with Crippen LogP contribution in [0.25, 0.3) is 11.0 Å². The van der Waals surface area contributed by atoms with Crippen molar-refractivity contribution in [2.75, 3.05) is 6.26 Å². The van der Waals surface area contributed by atoms with Crippen molar-refractivity contribution in [2.24, 2.45) is 0 Å². The van der Waals surface area contributed by atoms with Crippen molar-refractivity contribution in [3.8, 4) is 0 Å². The highest BCUT2D eigenvalue weighted by atomic mass is 32.2. The summed E-state index contributed by atoms with van der Waals surface area (Å²) >= 11 is 1.43. The standard InChI is InChI=1S/C8H8N2O3S2/c1-14-8-9-6-3-2-5(15(11,12)13)4-7(6)10-8/h2-4H,1H3,(H,9,10)(H,11,12,13). The Bertz CT molecular complexity index is 603. The molecule has 1 heterocycles. The van der Waals surface area contributed by atoms with Gasteiger partial charge in [-0.25, -0.2) is 4.98 Å². The third kappa shape index (κ3) is 1.99. The van der Waals surface area contributed by atoms with Crippen LogP contribution in [-0.2, 0) is 10.1 Å². The third-order valence-electron chi connectivity index (χ3n) is 1.92. The van der Waals surface area contributed by atoms with Crippen LogP contribution in [0.1, 0.15) is 0 Å². The molecule has 0 aliphatic rings. The smallest absolute Gasteiger partial charge is 0.294 e. The minimum atomic E-state index is -4.15. The van der Waals surface area contributed by atoms with Gasteiger partial charge in [0, 0.05) is 0 Å². The number of nitrogens with one attached hydrogen (secondary N) is 1. The van der Waals surface area contributed by atoms with Gasteiger partial charge in [0.05, 0.1) is 15.9 Å². The zero-order chi connectivity index (χ0) is 11.1. The van der Waals surface area contributed by atoms with Crippen LogP contribution in [0.4, 0.5) is 0 Å². The van der Waals surface area contributed by atoms with E-state index >= 15 is 0 Å². The second kappa shape index (κ2) is 3.51. The van der Waals surface area contributed by atoms with Crippen LogP contribution in [0.5, 0.6) is 0 Å². The fraction of sp³-hybridized carbons (Fsp3) is 0.125. The number of H-pyrrole nitrogens is 1. The van der Waals surface area contributed by atoms with Gasteiger partial charge in [-0.15, -0.1) is 0 Å². The van der Waals surface area contributed by atoms with E-state index in [1.54, 1.807) is 6.07 Å². The molecule has 1 aromatic heterocycles. The highest BCUT2D eigenvalue weighted by Gasteiger charge is 2.11. The normalized spacial score (nSPS) is 12.1. The molecular weight excluding hydrogens is 236 g/mol. The van der Waals surface area contributed by atoms with Crippen molar-refractivity contribution in [1.29, 1.82) is 0 Å². The minimum Gasteiger partial charge on any atom is -0.333 e. The van der Waals surface area contributed by atoms with Crippen LogP contribution in [0, 0.1) is 0 Å². The van der Waals surface area contributed by atoms with Crippen LogP contribution in [0.2, 0.25) is 0 Å². The molecule has 0 aliphatic carbocycles. The van der Waals surface area contributed by atoms with Crippen molar-refractivity contribution >= 4 is 32.9 Å². The predicted molar refractivity (Wildman–Crippen MR) is 57.7 cm³/mol. The number of benzene rings is 1. The van der Waals surface area contributed by atoms with Crippen LogP contribution in [0.15, 0.2) is 28.3 Å². The maximum Gasteiger partial charge on any atom is 0.294 e. The van der Waals surface area contributed by atoms with Crippen molar-refractivity contribution in [2.45, 2.75) is 10.1 Å². The molecule has 0 amide bonds. The predicted octanol–water partition coefficient (Wildman–Crippen LogP) is 1.53. The maximum atomic E-state index is 10.9. The molecule has 0 saturated heterocycles. The number of fused-ring (bicyclic) bond motifs is 1. The van der Waals surface area contributed by atoms with Gasteiger partial charge >= 0.3 is 0 Å². The summed E-state index contributed by atoms with van der Waals surface area (Å²) in [7, 11) is -4.15. The molecule has 0 bridgehead atoms. The summed E-state index contributed by atoms with van der Waals surface area (Å²) in [5.74, 6) is 0. The fourth-order valence-electron chi connectivity index (χ4n) is 1.22. The van der Waals surface area contributed by atoms with E-state index in [2.05, 4.69) is 9.97 Å². The molecule has 0 radical (unpaired) electrons. The van der Waals surface area contributed by atoms with Crippen LogP contribution in [0.3, 0.4) is 0 Å². The van der Waals surface area contributed by atoms with Gasteiger partial charge in [0.2, 0.25) is 0 Å². The van der Waals surface area contributed by atoms with Crippen LogP contribution < -0.4 is 0 Å². The molecule has 2 rings (SSSR count). The van der Waals surface area contributed by atoms with E-state index in [1.165, 1.54) is 23.9 Å². The van der Waals surface area contributed by atoms with Gasteiger partial charge in [0.25, 0.3) is 10.1 Å². The number of thioether (sulfide) groups is 1. The average Bonchev–Trinajstić information content (AvgIpc) is 2.57. The summed E-state index contributed by atoms with van der Waals surface area (Å²) in [6.45, 7) is 0. The monoisotopic (exact) mass is 244 g/mol. The van der Waals surface area contributed by atoms with Gasteiger partial charge in [-0.05, 0) is 24.5 Å². The Morgan fingerprint density at radius 3 is 2.80 bits per heavy atom. The fourth-order valence-corrected chi connectivity index (χ4v) is 2.13. The third-order valence-corrected chi connectivity index (χ3v) is 3.35. The van der Waals surface area contributed by atoms with Crippen molar-refractivity contribution in [3.63, 3.8) is 0 Å². The first-order valence-corrected chi connectivity index (χ1v) is 6.68.